The van der Waals surface area contributed by atoms with Crippen molar-refractivity contribution < 1.29 is 8.42 Å². The van der Waals surface area contributed by atoms with Crippen LogP contribution in [0.3, 0.4) is 0 Å². The molecule has 8 nitrogen and oxygen atoms in total. The van der Waals surface area contributed by atoms with Crippen LogP contribution >= 0.6 is 37.2 Å². The van der Waals surface area contributed by atoms with E-state index in [0.29, 0.717) is 18.0 Å². The van der Waals surface area contributed by atoms with Crippen LogP contribution in [0.4, 0.5) is 0 Å². The molecule has 178 valence electrons. The summed E-state index contributed by atoms with van der Waals surface area (Å²) >= 11 is 0. The lowest BCUT2D eigenvalue weighted by molar-refractivity contribution is 0.558. The summed E-state index contributed by atoms with van der Waals surface area (Å²) in [7, 11) is -3.40. The summed E-state index contributed by atoms with van der Waals surface area (Å²) in [6.07, 6.45) is 3.86. The molecule has 0 aromatic heterocycles. The van der Waals surface area contributed by atoms with Gasteiger partial charge in [-0.1, -0.05) is 17.7 Å². The molecule has 0 saturated heterocycles. The number of nitrogens with one attached hydrogen (secondary N) is 3. The normalized spacial score (nSPS) is 10.3. The first kappa shape index (κ1) is 33.8. The number of guanidine groups is 1. The van der Waals surface area contributed by atoms with Crippen LogP contribution < -0.4 is 26.8 Å². The second kappa shape index (κ2) is 20.1. The lowest BCUT2D eigenvalue weighted by atomic mass is 10.2. The molecule has 0 radical (unpaired) electrons. The first-order chi connectivity index (χ1) is 12.9. The summed E-state index contributed by atoms with van der Waals surface area (Å²) in [4.78, 5) is 4.23. The maximum Gasteiger partial charge on any atom is 0.240 e. The predicted molar refractivity (Wildman–Crippen MR) is 133 cm³/mol. The van der Waals surface area contributed by atoms with Crippen LogP contribution in [0, 0.1) is 6.92 Å². The molecule has 0 spiro atoms. The van der Waals surface area contributed by atoms with Crippen molar-refractivity contribution in [2.24, 2.45) is 16.5 Å². The average molecular weight is 508 g/mol. The highest BCUT2D eigenvalue weighted by Gasteiger charge is 2.12. The van der Waals surface area contributed by atoms with Crippen molar-refractivity contribution in [2.75, 3.05) is 39.3 Å². The van der Waals surface area contributed by atoms with E-state index in [0.717, 1.165) is 57.4 Å². The molecule has 0 aliphatic rings. The van der Waals surface area contributed by atoms with Crippen LogP contribution in [0.25, 0.3) is 0 Å². The molecule has 1 aromatic rings. The van der Waals surface area contributed by atoms with Crippen LogP contribution in [-0.4, -0.2) is 53.6 Å². The van der Waals surface area contributed by atoms with Gasteiger partial charge in [-0.15, -0.1) is 37.2 Å². The molecule has 0 amide bonds. The molecule has 0 saturated carbocycles. The molecule has 1 aromatic carbocycles. The first-order valence-corrected chi connectivity index (χ1v) is 10.9. The Morgan fingerprint density at radius 1 is 0.833 bits per heavy atom. The Hall–Kier alpha value is -0.810. The number of unbranched alkanes of at least 4 members (excludes halogenated alkanes) is 1. The molecule has 0 bridgehead atoms. The molecular formula is C18H37Cl3N6O2S. The van der Waals surface area contributed by atoms with Gasteiger partial charge in [0.25, 0.3) is 0 Å². The number of halogens is 3. The number of hydrogen-bond acceptors (Lipinski definition) is 5. The third-order valence-electron chi connectivity index (χ3n) is 3.92. The highest BCUT2D eigenvalue weighted by atomic mass is 35.5. The molecule has 0 aliphatic heterocycles. The van der Waals surface area contributed by atoms with Crippen LogP contribution in [-0.2, 0) is 10.0 Å². The largest absolute Gasteiger partial charge is 0.370 e. The zero-order chi connectivity index (χ0) is 20.0. The average Bonchev–Trinajstić information content (AvgIpc) is 2.62. The topological polar surface area (TPSA) is 135 Å². The number of sulfonamides is 1. The number of rotatable bonds is 15. The van der Waals surface area contributed by atoms with Gasteiger partial charge in [0.05, 0.1) is 4.90 Å². The molecule has 7 N–H and O–H groups in total. The first-order valence-electron chi connectivity index (χ1n) is 9.45. The predicted octanol–water partition coefficient (Wildman–Crippen LogP) is 1.55. The number of nitrogens with zero attached hydrogens (tertiary/aromatic N) is 1. The minimum atomic E-state index is -3.40. The Labute approximate surface area is 199 Å². The number of nitrogens with two attached hydrogens (primary N) is 2. The molecule has 30 heavy (non-hydrogen) atoms. The second-order valence-electron chi connectivity index (χ2n) is 6.43. The number of hydrogen-bond donors (Lipinski definition) is 5. The van der Waals surface area contributed by atoms with Crippen molar-refractivity contribution in [3.63, 3.8) is 0 Å². The summed E-state index contributed by atoms with van der Waals surface area (Å²) < 4.78 is 26.9. The van der Waals surface area contributed by atoms with Crippen molar-refractivity contribution in [1.29, 1.82) is 0 Å². The van der Waals surface area contributed by atoms with Crippen molar-refractivity contribution >= 4 is 53.2 Å². The molecule has 0 heterocycles. The summed E-state index contributed by atoms with van der Waals surface area (Å²) in [6, 6.07) is 6.86. The fourth-order valence-electron chi connectivity index (χ4n) is 2.38. The van der Waals surface area contributed by atoms with Crippen LogP contribution in [0.1, 0.15) is 31.2 Å². The minimum absolute atomic E-state index is 0. The second-order valence-corrected chi connectivity index (χ2v) is 8.20. The van der Waals surface area contributed by atoms with E-state index in [9.17, 15) is 8.42 Å². The molecule has 1 rings (SSSR count). The van der Waals surface area contributed by atoms with Gasteiger partial charge in [-0.3, -0.25) is 4.99 Å². The van der Waals surface area contributed by atoms with Crippen LogP contribution in [0.5, 0.6) is 0 Å². The Morgan fingerprint density at radius 3 is 1.87 bits per heavy atom. The molecular weight excluding hydrogens is 471 g/mol. The van der Waals surface area contributed by atoms with Crippen molar-refractivity contribution in [1.82, 2.24) is 15.4 Å². The van der Waals surface area contributed by atoms with Crippen LogP contribution in [0.15, 0.2) is 34.2 Å². The Balaban J connectivity index is -0.00000243. The van der Waals surface area contributed by atoms with E-state index in [2.05, 4.69) is 20.3 Å². The summed E-state index contributed by atoms with van der Waals surface area (Å²) in [5, 5.41) is 6.68. The Morgan fingerprint density at radius 2 is 1.33 bits per heavy atom. The molecule has 0 aliphatic carbocycles. The summed E-state index contributed by atoms with van der Waals surface area (Å²) in [5.41, 5.74) is 11.5. The quantitative estimate of drug-likeness (QED) is 0.139. The monoisotopic (exact) mass is 506 g/mol. The Bertz CT molecular complexity index is 656. The van der Waals surface area contributed by atoms with Gasteiger partial charge >= 0.3 is 0 Å². The minimum Gasteiger partial charge on any atom is -0.370 e. The van der Waals surface area contributed by atoms with E-state index < -0.39 is 10.0 Å². The summed E-state index contributed by atoms with van der Waals surface area (Å²) in [5.74, 6) is 0.143. The summed E-state index contributed by atoms with van der Waals surface area (Å²) in [6.45, 7) is 6.62. The third kappa shape index (κ3) is 16.9. The maximum atomic E-state index is 12.1. The van der Waals surface area contributed by atoms with E-state index in [1.807, 2.05) is 6.92 Å². The number of benzene rings is 1. The maximum absolute atomic E-state index is 12.1. The number of aryl methyl sites for hydroxylation is 1. The SMILES string of the molecule is Cc1ccc(S(=O)(=O)NCCCNCCCCNCCCN=C(N)N)cc1.Cl.Cl.Cl. The zero-order valence-corrected chi connectivity index (χ0v) is 20.7. The van der Waals surface area contributed by atoms with E-state index >= 15 is 0 Å². The Kier molecular flexibility index (Phi) is 22.7. The molecule has 0 unspecified atom stereocenters. The van der Waals surface area contributed by atoms with Gasteiger partial charge in [0.15, 0.2) is 5.96 Å². The third-order valence-corrected chi connectivity index (χ3v) is 5.39. The van der Waals surface area contributed by atoms with Gasteiger partial charge < -0.3 is 22.1 Å². The molecule has 12 heteroatoms. The fourth-order valence-corrected chi connectivity index (χ4v) is 3.46. The van der Waals surface area contributed by atoms with Gasteiger partial charge in [0.2, 0.25) is 10.0 Å². The van der Waals surface area contributed by atoms with E-state index in [4.69, 9.17) is 11.5 Å². The van der Waals surface area contributed by atoms with Crippen molar-refractivity contribution in [2.45, 2.75) is 37.5 Å². The fraction of sp³-hybridized carbons (Fsp3) is 0.611. The molecule has 0 atom stereocenters. The molecule has 0 fully saturated rings. The van der Waals surface area contributed by atoms with Gasteiger partial charge in [-0.2, -0.15) is 0 Å². The lowest BCUT2D eigenvalue weighted by Gasteiger charge is -2.08. The van der Waals surface area contributed by atoms with Gasteiger partial charge in [0.1, 0.15) is 0 Å². The van der Waals surface area contributed by atoms with Crippen molar-refractivity contribution in [3.8, 4) is 0 Å². The standard InChI is InChI=1S/C18H34N6O2S.3ClH/c1-16-6-8-17(9-7-16)27(25,26)24-15-5-13-22-11-3-2-10-21-12-4-14-23-18(19)20;;;/h6-9,21-22,24H,2-5,10-15H2,1H3,(H4,19,20,23);3*1H. The smallest absolute Gasteiger partial charge is 0.240 e. The zero-order valence-electron chi connectivity index (χ0n) is 17.4. The van der Waals surface area contributed by atoms with Crippen LogP contribution in [0.2, 0.25) is 0 Å². The van der Waals surface area contributed by atoms with Crippen molar-refractivity contribution in [3.05, 3.63) is 29.8 Å². The van der Waals surface area contributed by atoms with Gasteiger partial charge in [-0.05, 0) is 70.9 Å². The van der Waals surface area contributed by atoms with Gasteiger partial charge in [-0.25, -0.2) is 13.1 Å². The van der Waals surface area contributed by atoms with E-state index in [1.165, 1.54) is 0 Å². The highest BCUT2D eigenvalue weighted by molar-refractivity contribution is 7.89. The highest BCUT2D eigenvalue weighted by Crippen LogP contribution is 2.09. The van der Waals surface area contributed by atoms with E-state index in [-0.39, 0.29) is 43.2 Å². The van der Waals surface area contributed by atoms with E-state index in [1.54, 1.807) is 24.3 Å². The lowest BCUT2D eigenvalue weighted by Crippen LogP contribution is -2.28. The number of aliphatic imine (C=N–C) groups is 1. The van der Waals surface area contributed by atoms with Gasteiger partial charge in [0, 0.05) is 13.1 Å².